The van der Waals surface area contributed by atoms with E-state index in [1.54, 1.807) is 24.7 Å². The van der Waals surface area contributed by atoms with Crippen molar-refractivity contribution in [3.8, 4) is 11.3 Å². The van der Waals surface area contributed by atoms with Crippen molar-refractivity contribution in [1.29, 1.82) is 0 Å². The number of piperidine rings is 1. The molecule has 2 N–H and O–H groups in total. The van der Waals surface area contributed by atoms with Crippen molar-refractivity contribution in [2.75, 3.05) is 18.8 Å². The number of nitrogens with two attached hydrogens (primary N) is 1. The largest absolute Gasteiger partial charge is 0.368 e. The number of likely N-dealkylation sites (tertiary alicyclic amines) is 1. The van der Waals surface area contributed by atoms with E-state index in [1.165, 1.54) is 6.42 Å². The van der Waals surface area contributed by atoms with Gasteiger partial charge in [-0.3, -0.25) is 9.78 Å². The number of nitrogens with zero attached hydrogens (tertiary/aromatic N) is 5. The first-order valence-corrected chi connectivity index (χ1v) is 9.35. The van der Waals surface area contributed by atoms with E-state index in [0.29, 0.717) is 16.8 Å². The molecule has 0 unspecified atom stereocenters. The molecule has 27 heavy (non-hydrogen) atoms. The summed E-state index contributed by atoms with van der Waals surface area (Å²) in [4.78, 5) is 31.6. The summed E-state index contributed by atoms with van der Waals surface area (Å²) in [5, 5.41) is 0. The van der Waals surface area contributed by atoms with Gasteiger partial charge in [0.15, 0.2) is 0 Å². The fourth-order valence-corrected chi connectivity index (χ4v) is 3.03. The second-order valence-electron chi connectivity index (χ2n) is 6.14. The van der Waals surface area contributed by atoms with Crippen LogP contribution in [0.15, 0.2) is 36.8 Å². The minimum Gasteiger partial charge on any atom is -0.368 e. The lowest BCUT2D eigenvalue weighted by Crippen LogP contribution is -2.35. The number of anilines is 1. The van der Waals surface area contributed by atoms with Crippen LogP contribution in [0, 0.1) is 0 Å². The summed E-state index contributed by atoms with van der Waals surface area (Å²) in [7, 11) is 0. The van der Waals surface area contributed by atoms with Crippen molar-refractivity contribution in [3.05, 3.63) is 42.4 Å². The third kappa shape index (κ3) is 4.19. The highest BCUT2D eigenvalue weighted by atomic mass is 16.2. The Bertz CT molecular complexity index is 919. The van der Waals surface area contributed by atoms with Crippen molar-refractivity contribution < 1.29 is 4.79 Å². The van der Waals surface area contributed by atoms with E-state index in [9.17, 15) is 4.79 Å². The zero-order chi connectivity index (χ0) is 19.2. The predicted octanol–water partition coefficient (Wildman–Crippen LogP) is 3.32. The van der Waals surface area contributed by atoms with Gasteiger partial charge in [0.05, 0.1) is 22.9 Å². The number of rotatable bonds is 2. The SMILES string of the molecule is CC.Nc1ncc(-c2cnc3ccc(C(=O)N4CCCCC4)cc3n2)cn1. The molecule has 1 aliphatic heterocycles. The molecule has 140 valence electrons. The van der Waals surface area contributed by atoms with Crippen LogP contribution in [0.5, 0.6) is 0 Å². The highest BCUT2D eigenvalue weighted by molar-refractivity contribution is 5.97. The summed E-state index contributed by atoms with van der Waals surface area (Å²) >= 11 is 0. The standard InChI is InChI=1S/C18H18N6O.C2H6/c19-18-21-9-13(10-22-18)16-11-20-14-5-4-12(8-15(14)23-16)17(25)24-6-2-1-3-7-24;1-2/h4-5,8-11H,1-3,6-7H2,(H2,19,21,22);1-2H3. The smallest absolute Gasteiger partial charge is 0.253 e. The van der Waals surface area contributed by atoms with Gasteiger partial charge < -0.3 is 10.6 Å². The highest BCUT2D eigenvalue weighted by Crippen LogP contribution is 2.20. The Kier molecular flexibility index (Phi) is 5.90. The lowest BCUT2D eigenvalue weighted by Gasteiger charge is -2.26. The second kappa shape index (κ2) is 8.53. The summed E-state index contributed by atoms with van der Waals surface area (Å²) in [5.74, 6) is 0.275. The van der Waals surface area contributed by atoms with Crippen molar-refractivity contribution in [3.63, 3.8) is 0 Å². The topological polar surface area (TPSA) is 97.9 Å². The average Bonchev–Trinajstić information content (AvgIpc) is 2.75. The number of hydrogen-bond acceptors (Lipinski definition) is 6. The van der Waals surface area contributed by atoms with Gasteiger partial charge in [-0.25, -0.2) is 15.0 Å². The molecular weight excluding hydrogens is 340 g/mol. The third-order valence-corrected chi connectivity index (χ3v) is 4.40. The molecule has 0 bridgehead atoms. The number of aromatic nitrogens is 4. The minimum absolute atomic E-state index is 0.0598. The number of amides is 1. The van der Waals surface area contributed by atoms with E-state index >= 15 is 0 Å². The Morgan fingerprint density at radius 1 is 0.963 bits per heavy atom. The maximum atomic E-state index is 12.7. The summed E-state index contributed by atoms with van der Waals surface area (Å²) in [6, 6.07) is 5.46. The normalized spacial score (nSPS) is 13.8. The number of nitrogen functional groups attached to an aromatic ring is 1. The molecule has 0 saturated carbocycles. The van der Waals surface area contributed by atoms with Gasteiger partial charge in [0.1, 0.15) is 0 Å². The second-order valence-corrected chi connectivity index (χ2v) is 6.14. The quantitative estimate of drug-likeness (QED) is 0.749. The molecule has 7 heteroatoms. The van der Waals surface area contributed by atoms with Gasteiger partial charge in [-0.05, 0) is 37.5 Å². The van der Waals surface area contributed by atoms with Crippen LogP contribution >= 0.6 is 0 Å². The van der Waals surface area contributed by atoms with E-state index in [1.807, 2.05) is 30.9 Å². The first-order valence-electron chi connectivity index (χ1n) is 9.35. The van der Waals surface area contributed by atoms with Gasteiger partial charge in [-0.2, -0.15) is 0 Å². The van der Waals surface area contributed by atoms with Crippen molar-refractivity contribution >= 4 is 22.9 Å². The van der Waals surface area contributed by atoms with Gasteiger partial charge in [0.25, 0.3) is 5.91 Å². The molecule has 1 fully saturated rings. The van der Waals surface area contributed by atoms with E-state index in [4.69, 9.17) is 5.73 Å². The van der Waals surface area contributed by atoms with Gasteiger partial charge in [0, 0.05) is 36.6 Å². The molecule has 0 atom stereocenters. The lowest BCUT2D eigenvalue weighted by atomic mass is 10.1. The molecule has 2 aromatic heterocycles. The van der Waals surface area contributed by atoms with Gasteiger partial charge >= 0.3 is 0 Å². The van der Waals surface area contributed by atoms with Crippen LogP contribution in [-0.4, -0.2) is 43.8 Å². The Morgan fingerprint density at radius 3 is 2.37 bits per heavy atom. The molecule has 1 saturated heterocycles. The fraction of sp³-hybridized carbons (Fsp3) is 0.350. The number of carbonyl (C=O) groups is 1. The Labute approximate surface area is 158 Å². The van der Waals surface area contributed by atoms with E-state index < -0.39 is 0 Å². The van der Waals surface area contributed by atoms with Gasteiger partial charge in [0.2, 0.25) is 5.95 Å². The Morgan fingerprint density at radius 2 is 1.67 bits per heavy atom. The van der Waals surface area contributed by atoms with Crippen LogP contribution in [0.1, 0.15) is 43.5 Å². The molecule has 0 spiro atoms. The molecule has 3 aromatic rings. The third-order valence-electron chi connectivity index (χ3n) is 4.40. The van der Waals surface area contributed by atoms with Crippen LogP contribution in [0.2, 0.25) is 0 Å². The molecule has 4 rings (SSSR count). The van der Waals surface area contributed by atoms with Gasteiger partial charge in [-0.1, -0.05) is 13.8 Å². The fourth-order valence-electron chi connectivity index (χ4n) is 3.03. The van der Waals surface area contributed by atoms with E-state index in [2.05, 4.69) is 19.9 Å². The lowest BCUT2D eigenvalue weighted by molar-refractivity contribution is 0.0724. The van der Waals surface area contributed by atoms with Crippen molar-refractivity contribution in [1.82, 2.24) is 24.8 Å². The summed E-state index contributed by atoms with van der Waals surface area (Å²) in [5.41, 5.74) is 8.97. The van der Waals surface area contributed by atoms with Crippen LogP contribution in [0.25, 0.3) is 22.3 Å². The number of fused-ring (bicyclic) bond motifs is 1. The molecule has 3 heterocycles. The van der Waals surface area contributed by atoms with Crippen LogP contribution in [0.4, 0.5) is 5.95 Å². The van der Waals surface area contributed by atoms with Crippen molar-refractivity contribution in [2.24, 2.45) is 0 Å². The molecular formula is C20H24N6O. The number of hydrogen-bond donors (Lipinski definition) is 1. The molecule has 1 aliphatic rings. The van der Waals surface area contributed by atoms with Crippen LogP contribution in [-0.2, 0) is 0 Å². The summed E-state index contributed by atoms with van der Waals surface area (Å²) in [6.45, 7) is 5.65. The molecule has 0 aliphatic carbocycles. The summed E-state index contributed by atoms with van der Waals surface area (Å²) < 4.78 is 0. The van der Waals surface area contributed by atoms with Gasteiger partial charge in [-0.15, -0.1) is 0 Å². The zero-order valence-corrected chi connectivity index (χ0v) is 15.7. The van der Waals surface area contributed by atoms with Crippen molar-refractivity contribution in [2.45, 2.75) is 33.1 Å². The molecule has 1 amide bonds. The Hall–Kier alpha value is -3.09. The highest BCUT2D eigenvalue weighted by Gasteiger charge is 2.18. The summed E-state index contributed by atoms with van der Waals surface area (Å²) in [6.07, 6.45) is 8.23. The molecule has 0 radical (unpaired) electrons. The maximum Gasteiger partial charge on any atom is 0.253 e. The first-order chi connectivity index (χ1) is 13.2. The predicted molar refractivity (Wildman–Crippen MR) is 106 cm³/mol. The minimum atomic E-state index is 0.0598. The Balaban J connectivity index is 0.00000102. The zero-order valence-electron chi connectivity index (χ0n) is 15.7. The van der Waals surface area contributed by atoms with Crippen LogP contribution in [0.3, 0.4) is 0 Å². The molecule has 7 nitrogen and oxygen atoms in total. The first kappa shape index (κ1) is 18.7. The maximum absolute atomic E-state index is 12.7. The van der Waals surface area contributed by atoms with E-state index in [0.717, 1.165) is 37.0 Å². The average molecular weight is 364 g/mol. The van der Waals surface area contributed by atoms with E-state index in [-0.39, 0.29) is 11.9 Å². The number of benzene rings is 1. The monoisotopic (exact) mass is 364 g/mol. The van der Waals surface area contributed by atoms with Crippen LogP contribution < -0.4 is 5.73 Å². The number of carbonyl (C=O) groups excluding carboxylic acids is 1. The molecule has 1 aromatic carbocycles.